The van der Waals surface area contributed by atoms with Crippen molar-refractivity contribution in [1.82, 2.24) is 19.4 Å². The van der Waals surface area contributed by atoms with Crippen LogP contribution in [0.1, 0.15) is 58.2 Å². The summed E-state index contributed by atoms with van der Waals surface area (Å²) in [7, 11) is -0.831. The molecule has 1 amide bonds. The number of primary amides is 1. The van der Waals surface area contributed by atoms with E-state index in [1.807, 2.05) is 24.3 Å². The summed E-state index contributed by atoms with van der Waals surface area (Å²) in [5, 5.41) is 9.03. The van der Waals surface area contributed by atoms with E-state index in [-0.39, 0.29) is 23.3 Å². The van der Waals surface area contributed by atoms with Gasteiger partial charge in [-0.25, -0.2) is 14.4 Å². The van der Waals surface area contributed by atoms with E-state index in [2.05, 4.69) is 9.47 Å². The van der Waals surface area contributed by atoms with Crippen molar-refractivity contribution >= 4 is 27.7 Å². The average Bonchev–Trinajstić information content (AvgIpc) is 3.34. The normalized spacial score (nSPS) is 19.3. The van der Waals surface area contributed by atoms with E-state index in [1.165, 1.54) is 6.07 Å². The molecule has 2 saturated heterocycles. The predicted octanol–water partition coefficient (Wildman–Crippen LogP) is 4.02. The second-order valence-corrected chi connectivity index (χ2v) is 12.7. The van der Waals surface area contributed by atoms with E-state index in [9.17, 15) is 13.4 Å². The first-order valence-corrected chi connectivity index (χ1v) is 15.4. The average molecular weight is 587 g/mol. The van der Waals surface area contributed by atoms with Gasteiger partial charge in [-0.1, -0.05) is 12.1 Å². The highest BCUT2D eigenvalue weighted by Gasteiger charge is 2.29. The zero-order chi connectivity index (χ0) is 29.2. The van der Waals surface area contributed by atoms with E-state index in [0.29, 0.717) is 30.1 Å². The van der Waals surface area contributed by atoms with Gasteiger partial charge in [-0.05, 0) is 68.8 Å². The minimum absolute atomic E-state index is 0.0306. The molecule has 2 atom stereocenters. The number of amides is 1. The van der Waals surface area contributed by atoms with Gasteiger partial charge in [0.15, 0.2) is 0 Å². The number of carbonyl (C=O) groups is 1. The Hall–Kier alpha value is -4.14. The number of hydrogen-bond acceptors (Lipinski definition) is 7. The second-order valence-electron chi connectivity index (χ2n) is 10.9. The van der Waals surface area contributed by atoms with Crippen molar-refractivity contribution in [3.63, 3.8) is 0 Å². The van der Waals surface area contributed by atoms with Crippen molar-refractivity contribution in [3.05, 3.63) is 88.6 Å². The van der Waals surface area contributed by atoms with E-state index < -0.39 is 22.5 Å². The molecule has 4 aromatic rings. The molecule has 2 aromatic heterocycles. The Morgan fingerprint density at radius 1 is 1.12 bits per heavy atom. The van der Waals surface area contributed by atoms with Crippen LogP contribution in [-0.4, -0.2) is 53.6 Å². The number of aromatic nitrogens is 3. The van der Waals surface area contributed by atoms with Crippen molar-refractivity contribution < 1.29 is 18.1 Å². The summed E-state index contributed by atoms with van der Waals surface area (Å²) in [6, 6.07) is 17.3. The van der Waals surface area contributed by atoms with Gasteiger partial charge in [0.1, 0.15) is 18.2 Å². The van der Waals surface area contributed by atoms with Crippen LogP contribution in [0.25, 0.3) is 11.0 Å². The number of imidazole rings is 1. The van der Waals surface area contributed by atoms with Crippen molar-refractivity contribution in [2.75, 3.05) is 18.8 Å². The lowest BCUT2D eigenvalue weighted by Crippen LogP contribution is -2.36. The van der Waals surface area contributed by atoms with Gasteiger partial charge in [-0.3, -0.25) is 13.9 Å². The van der Waals surface area contributed by atoms with Gasteiger partial charge < -0.3 is 15.0 Å². The van der Waals surface area contributed by atoms with Gasteiger partial charge in [-0.15, -0.1) is 0 Å². The number of piperidine rings is 1. The molecular formula is C31H31FN6O3S. The topological polar surface area (TPSA) is 127 Å². The number of benzene rings is 2. The molecule has 2 N–H and O–H groups in total. The van der Waals surface area contributed by atoms with Gasteiger partial charge in [0.25, 0.3) is 0 Å². The van der Waals surface area contributed by atoms with Gasteiger partial charge >= 0.3 is 0 Å². The molecule has 6 rings (SSSR count). The molecule has 0 spiro atoms. The Labute approximate surface area is 245 Å². The molecule has 0 radical (unpaired) electrons. The summed E-state index contributed by atoms with van der Waals surface area (Å²) in [6.45, 7) is 3.01. The number of halogens is 1. The van der Waals surface area contributed by atoms with Crippen molar-refractivity contribution in [1.29, 1.82) is 5.26 Å². The number of nitrogens with zero attached hydrogens (tertiary/aromatic N) is 5. The Balaban J connectivity index is 1.11. The maximum absolute atomic E-state index is 14.2. The minimum atomic E-state index is -0.831. The van der Waals surface area contributed by atoms with E-state index in [0.717, 1.165) is 60.7 Å². The van der Waals surface area contributed by atoms with Crippen LogP contribution in [-0.2, 0) is 30.5 Å². The van der Waals surface area contributed by atoms with Crippen molar-refractivity contribution in [2.24, 2.45) is 5.73 Å². The number of carbonyl (C=O) groups excluding carboxylic acids is 1. The fourth-order valence-corrected chi connectivity index (χ4v) is 6.70. The van der Waals surface area contributed by atoms with Crippen LogP contribution in [0.3, 0.4) is 0 Å². The first-order chi connectivity index (χ1) is 20.4. The van der Waals surface area contributed by atoms with Crippen LogP contribution < -0.4 is 10.5 Å². The SMILES string of the molecule is N#Cc1ccc(COc2cccc(C3CCN(Cc4nc5ccc(C(N)=O)cc5n4CC4CCS4=O)CC3)n2)c(F)c1. The summed E-state index contributed by atoms with van der Waals surface area (Å²) in [6.07, 6.45) is 2.75. The van der Waals surface area contributed by atoms with Crippen molar-refractivity contribution in [3.8, 4) is 11.9 Å². The van der Waals surface area contributed by atoms with Crippen LogP contribution in [0.15, 0.2) is 54.6 Å². The molecule has 0 aliphatic carbocycles. The molecule has 11 heteroatoms. The Morgan fingerprint density at radius 3 is 2.64 bits per heavy atom. The molecule has 0 saturated carbocycles. The zero-order valence-electron chi connectivity index (χ0n) is 23.0. The van der Waals surface area contributed by atoms with Crippen molar-refractivity contribution in [2.45, 2.75) is 50.1 Å². The fourth-order valence-electron chi connectivity index (χ4n) is 5.62. The largest absolute Gasteiger partial charge is 0.473 e. The highest BCUT2D eigenvalue weighted by molar-refractivity contribution is 7.87. The van der Waals surface area contributed by atoms with Gasteiger partial charge in [0.2, 0.25) is 11.8 Å². The third-order valence-electron chi connectivity index (χ3n) is 8.18. The molecule has 2 unspecified atom stereocenters. The molecule has 42 heavy (non-hydrogen) atoms. The maximum Gasteiger partial charge on any atom is 0.248 e. The number of ether oxygens (including phenoxy) is 1. The van der Waals surface area contributed by atoms with E-state index in [4.69, 9.17) is 25.7 Å². The fraction of sp³-hybridized carbons (Fsp3) is 0.355. The first kappa shape index (κ1) is 28.0. The van der Waals surface area contributed by atoms with Crippen LogP contribution in [0.4, 0.5) is 4.39 Å². The summed E-state index contributed by atoms with van der Waals surface area (Å²) >= 11 is 0. The van der Waals surface area contributed by atoms with E-state index in [1.54, 1.807) is 30.3 Å². The Bertz CT molecular complexity index is 1710. The summed E-state index contributed by atoms with van der Waals surface area (Å²) < 4.78 is 34.4. The summed E-state index contributed by atoms with van der Waals surface area (Å²) in [5.74, 6) is 1.39. The molecule has 216 valence electrons. The molecule has 9 nitrogen and oxygen atoms in total. The Morgan fingerprint density at radius 2 is 1.95 bits per heavy atom. The molecule has 0 bridgehead atoms. The Kier molecular flexibility index (Phi) is 8.00. The third-order valence-corrected chi connectivity index (χ3v) is 9.95. The molecule has 2 fully saturated rings. The highest BCUT2D eigenvalue weighted by Crippen LogP contribution is 2.30. The lowest BCUT2D eigenvalue weighted by molar-refractivity contribution is 0.100. The summed E-state index contributed by atoms with van der Waals surface area (Å²) in [4.78, 5) is 23.8. The second kappa shape index (κ2) is 12.0. The van der Waals surface area contributed by atoms with Gasteiger partial charge in [0, 0.05) is 51.9 Å². The number of fused-ring (bicyclic) bond motifs is 1. The molecule has 4 heterocycles. The quantitative estimate of drug-likeness (QED) is 0.314. The molecule has 2 aromatic carbocycles. The van der Waals surface area contributed by atoms with Gasteiger partial charge in [-0.2, -0.15) is 5.26 Å². The zero-order valence-corrected chi connectivity index (χ0v) is 23.9. The lowest BCUT2D eigenvalue weighted by atomic mass is 9.93. The van der Waals surface area contributed by atoms with Crippen LogP contribution in [0.5, 0.6) is 5.88 Å². The smallest absolute Gasteiger partial charge is 0.248 e. The summed E-state index contributed by atoms with van der Waals surface area (Å²) in [5.41, 5.74) is 9.22. The number of likely N-dealkylation sites (tertiary alicyclic amines) is 1. The van der Waals surface area contributed by atoms with Crippen LogP contribution in [0, 0.1) is 17.1 Å². The maximum atomic E-state index is 14.2. The first-order valence-electron chi connectivity index (χ1n) is 14.0. The molecule has 2 aliphatic heterocycles. The monoisotopic (exact) mass is 586 g/mol. The number of hydrogen-bond donors (Lipinski definition) is 1. The standard InChI is InChI=1S/C31H31FN6O3S/c32-25-14-20(16-33)4-5-23(25)19-41-30-3-1-2-26(36-30)21-8-11-37(12-9-21)18-29-35-27-7-6-22(31(34)39)15-28(27)38(29)17-24-10-13-42(24)40/h1-7,14-15,21,24H,8-13,17-19H2,(H2,34,39). The van der Waals surface area contributed by atoms with Crippen LogP contribution in [0.2, 0.25) is 0 Å². The molecule has 2 aliphatic rings. The number of nitriles is 1. The number of rotatable bonds is 9. The predicted molar refractivity (Wildman–Crippen MR) is 157 cm³/mol. The van der Waals surface area contributed by atoms with E-state index >= 15 is 0 Å². The minimum Gasteiger partial charge on any atom is -0.473 e. The molecular weight excluding hydrogens is 555 g/mol. The van der Waals surface area contributed by atoms with Gasteiger partial charge in [0.05, 0.1) is 34.5 Å². The lowest BCUT2D eigenvalue weighted by Gasteiger charge is -2.32. The number of nitrogens with two attached hydrogens (primary N) is 1. The number of pyridine rings is 1. The highest BCUT2D eigenvalue weighted by atomic mass is 32.2. The van der Waals surface area contributed by atoms with Crippen LogP contribution >= 0.6 is 0 Å². The third kappa shape index (κ3) is 5.91.